The van der Waals surface area contributed by atoms with E-state index in [-0.39, 0.29) is 5.75 Å². The molecule has 0 aliphatic heterocycles. The van der Waals surface area contributed by atoms with Crippen LogP contribution in [-0.2, 0) is 9.84 Å². The molecule has 2 aromatic rings. The van der Waals surface area contributed by atoms with Gasteiger partial charge in [0.05, 0.1) is 10.8 Å². The molecule has 1 heterocycles. The third-order valence-corrected chi connectivity index (χ3v) is 4.58. The summed E-state index contributed by atoms with van der Waals surface area (Å²) in [6.07, 6.45) is 1.26. The summed E-state index contributed by atoms with van der Waals surface area (Å²) in [5, 5.41) is 5.49. The van der Waals surface area contributed by atoms with E-state index in [2.05, 4.69) is 28.5 Å². The zero-order valence-electron chi connectivity index (χ0n) is 10.8. The Morgan fingerprint density at radius 1 is 1.26 bits per heavy atom. The number of hydrogen-bond acceptors (Lipinski definition) is 4. The minimum Gasteiger partial charge on any atom is -0.350 e. The van der Waals surface area contributed by atoms with Crippen molar-refractivity contribution in [1.29, 1.82) is 0 Å². The van der Waals surface area contributed by atoms with Crippen molar-refractivity contribution in [1.82, 2.24) is 10.3 Å². The molecule has 0 radical (unpaired) electrons. The first-order chi connectivity index (χ1) is 9.04. The molecule has 0 unspecified atom stereocenters. The van der Waals surface area contributed by atoms with Crippen LogP contribution in [0.15, 0.2) is 35.4 Å². The number of aromatic amines is 1. The third-order valence-electron chi connectivity index (χ3n) is 2.69. The molecule has 19 heavy (non-hydrogen) atoms. The SMILES string of the molecule is CS(=O)(=O)CCNCCSc1cc2ccccc2[nH]1. The Balaban J connectivity index is 1.71. The summed E-state index contributed by atoms with van der Waals surface area (Å²) in [6.45, 7) is 1.32. The molecule has 104 valence electrons. The van der Waals surface area contributed by atoms with Gasteiger partial charge >= 0.3 is 0 Å². The van der Waals surface area contributed by atoms with Crippen LogP contribution in [0, 0.1) is 0 Å². The topological polar surface area (TPSA) is 62.0 Å². The highest BCUT2D eigenvalue weighted by molar-refractivity contribution is 7.99. The number of benzene rings is 1. The van der Waals surface area contributed by atoms with Crippen LogP contribution in [-0.4, -0.2) is 44.3 Å². The van der Waals surface area contributed by atoms with Gasteiger partial charge in [0, 0.05) is 36.0 Å². The van der Waals surface area contributed by atoms with Crippen LogP contribution < -0.4 is 5.32 Å². The van der Waals surface area contributed by atoms with Crippen LogP contribution in [0.2, 0.25) is 0 Å². The fourth-order valence-electron chi connectivity index (χ4n) is 1.74. The Morgan fingerprint density at radius 2 is 2.05 bits per heavy atom. The van der Waals surface area contributed by atoms with Crippen molar-refractivity contribution in [3.63, 3.8) is 0 Å². The van der Waals surface area contributed by atoms with Crippen LogP contribution >= 0.6 is 11.8 Å². The Kier molecular flexibility index (Phi) is 4.90. The lowest BCUT2D eigenvalue weighted by atomic mass is 10.3. The number of fused-ring (bicyclic) bond motifs is 1. The van der Waals surface area contributed by atoms with Gasteiger partial charge in [0.25, 0.3) is 0 Å². The quantitative estimate of drug-likeness (QED) is 0.605. The molecular weight excluding hydrogens is 280 g/mol. The van der Waals surface area contributed by atoms with E-state index in [9.17, 15) is 8.42 Å². The first-order valence-corrected chi connectivity index (χ1v) is 9.18. The fourth-order valence-corrected chi connectivity index (χ4v) is 3.11. The summed E-state index contributed by atoms with van der Waals surface area (Å²) in [6, 6.07) is 10.3. The van der Waals surface area contributed by atoms with E-state index < -0.39 is 9.84 Å². The number of hydrogen-bond donors (Lipinski definition) is 2. The highest BCUT2D eigenvalue weighted by Crippen LogP contribution is 2.22. The molecule has 1 aromatic carbocycles. The van der Waals surface area contributed by atoms with Crippen molar-refractivity contribution in [2.24, 2.45) is 0 Å². The number of sulfone groups is 1. The van der Waals surface area contributed by atoms with E-state index in [1.54, 1.807) is 11.8 Å². The number of para-hydroxylation sites is 1. The van der Waals surface area contributed by atoms with Gasteiger partial charge in [-0.1, -0.05) is 18.2 Å². The van der Waals surface area contributed by atoms with Crippen LogP contribution in [0.1, 0.15) is 0 Å². The average molecular weight is 298 g/mol. The van der Waals surface area contributed by atoms with Gasteiger partial charge in [-0.3, -0.25) is 0 Å². The lowest BCUT2D eigenvalue weighted by molar-refractivity contribution is 0.598. The maximum absolute atomic E-state index is 10.9. The number of nitrogens with one attached hydrogen (secondary N) is 2. The van der Waals surface area contributed by atoms with Gasteiger partial charge in [0.1, 0.15) is 9.84 Å². The molecule has 0 saturated carbocycles. The lowest BCUT2D eigenvalue weighted by Gasteiger charge is -2.02. The number of H-pyrrole nitrogens is 1. The van der Waals surface area contributed by atoms with Crippen LogP contribution in [0.3, 0.4) is 0 Å². The summed E-state index contributed by atoms with van der Waals surface area (Å²) in [5.41, 5.74) is 1.15. The van der Waals surface area contributed by atoms with E-state index in [4.69, 9.17) is 0 Å². The molecule has 4 nitrogen and oxygen atoms in total. The van der Waals surface area contributed by atoms with Gasteiger partial charge in [-0.2, -0.15) is 0 Å². The highest BCUT2D eigenvalue weighted by atomic mass is 32.2. The second-order valence-electron chi connectivity index (χ2n) is 4.45. The second kappa shape index (κ2) is 6.45. The zero-order chi connectivity index (χ0) is 13.7. The van der Waals surface area contributed by atoms with Crippen LogP contribution in [0.5, 0.6) is 0 Å². The summed E-state index contributed by atoms with van der Waals surface area (Å²) in [7, 11) is -2.86. The molecule has 0 spiro atoms. The van der Waals surface area contributed by atoms with Gasteiger partial charge < -0.3 is 10.3 Å². The summed E-state index contributed by atoms with van der Waals surface area (Å²) >= 11 is 1.74. The largest absolute Gasteiger partial charge is 0.350 e. The molecular formula is C13H18N2O2S2. The van der Waals surface area contributed by atoms with Gasteiger partial charge in [-0.25, -0.2) is 8.42 Å². The normalized spacial score (nSPS) is 12.1. The van der Waals surface area contributed by atoms with Gasteiger partial charge in [0.2, 0.25) is 0 Å². The fraction of sp³-hybridized carbons (Fsp3) is 0.385. The van der Waals surface area contributed by atoms with E-state index in [1.165, 1.54) is 11.6 Å². The maximum atomic E-state index is 10.9. The summed E-state index contributed by atoms with van der Waals surface area (Å²) in [4.78, 5) is 3.35. The molecule has 0 amide bonds. The van der Waals surface area contributed by atoms with E-state index in [0.29, 0.717) is 6.54 Å². The van der Waals surface area contributed by atoms with Crippen molar-refractivity contribution in [3.05, 3.63) is 30.3 Å². The van der Waals surface area contributed by atoms with E-state index in [1.807, 2.05) is 12.1 Å². The summed E-state index contributed by atoms with van der Waals surface area (Å²) < 4.78 is 21.9. The molecule has 0 atom stereocenters. The summed E-state index contributed by atoms with van der Waals surface area (Å²) in [5.74, 6) is 1.11. The Morgan fingerprint density at radius 3 is 2.79 bits per heavy atom. The average Bonchev–Trinajstić information content (AvgIpc) is 2.74. The van der Waals surface area contributed by atoms with Crippen LogP contribution in [0.4, 0.5) is 0 Å². The van der Waals surface area contributed by atoms with Gasteiger partial charge in [-0.05, 0) is 12.1 Å². The Hall–Kier alpha value is -0.980. The molecule has 2 rings (SSSR count). The maximum Gasteiger partial charge on any atom is 0.148 e. The molecule has 2 N–H and O–H groups in total. The van der Waals surface area contributed by atoms with E-state index in [0.717, 1.165) is 22.8 Å². The minimum absolute atomic E-state index is 0.198. The first kappa shape index (κ1) is 14.4. The first-order valence-electron chi connectivity index (χ1n) is 6.13. The lowest BCUT2D eigenvalue weighted by Crippen LogP contribution is -2.24. The smallest absolute Gasteiger partial charge is 0.148 e. The van der Waals surface area contributed by atoms with Gasteiger partial charge in [0.15, 0.2) is 0 Å². The molecule has 0 saturated heterocycles. The molecule has 0 bridgehead atoms. The molecule has 6 heteroatoms. The van der Waals surface area contributed by atoms with Crippen LogP contribution in [0.25, 0.3) is 10.9 Å². The minimum atomic E-state index is -2.86. The Bertz CT molecular complexity index is 602. The predicted molar refractivity (Wildman–Crippen MR) is 81.6 cm³/mol. The van der Waals surface area contributed by atoms with Crippen molar-refractivity contribution in [3.8, 4) is 0 Å². The molecule has 0 aliphatic rings. The molecule has 0 fully saturated rings. The van der Waals surface area contributed by atoms with Crippen molar-refractivity contribution in [2.75, 3.05) is 30.9 Å². The zero-order valence-corrected chi connectivity index (χ0v) is 12.5. The van der Waals surface area contributed by atoms with E-state index >= 15 is 0 Å². The second-order valence-corrected chi connectivity index (χ2v) is 7.85. The molecule has 1 aromatic heterocycles. The monoisotopic (exact) mass is 298 g/mol. The number of thioether (sulfide) groups is 1. The van der Waals surface area contributed by atoms with Crippen molar-refractivity contribution >= 4 is 32.5 Å². The van der Waals surface area contributed by atoms with Crippen molar-refractivity contribution < 1.29 is 8.42 Å². The number of aromatic nitrogens is 1. The highest BCUT2D eigenvalue weighted by Gasteiger charge is 2.02. The predicted octanol–water partition coefficient (Wildman–Crippen LogP) is 1.89. The third kappa shape index (κ3) is 4.89. The number of rotatable bonds is 7. The molecule has 0 aliphatic carbocycles. The Labute approximate surface area is 117 Å². The van der Waals surface area contributed by atoms with Crippen molar-refractivity contribution in [2.45, 2.75) is 5.03 Å². The van der Waals surface area contributed by atoms with Gasteiger partial charge in [-0.15, -0.1) is 11.8 Å². The standard InChI is InChI=1S/C13H18N2O2S2/c1-19(16,17)9-7-14-6-8-18-13-10-11-4-2-3-5-12(11)15-13/h2-5,10,14-15H,6-9H2,1H3.